The molecule has 1 aliphatic carbocycles. The Morgan fingerprint density at radius 2 is 1.60 bits per heavy atom. The molecular formula is C27H20F4N4. The molecule has 4 nitrogen and oxygen atoms in total. The molecule has 176 valence electrons. The SMILES string of the molecule is Cc1nn(-c2ccccc2)c2nc3c(c(C(F)(F)F)c12)CCc1c-3cc(C)n1-c1ccc(F)cc1. The van der Waals surface area contributed by atoms with Crippen LogP contribution in [0.25, 0.3) is 33.7 Å². The van der Waals surface area contributed by atoms with Gasteiger partial charge in [-0.15, -0.1) is 0 Å². The van der Waals surface area contributed by atoms with Crippen molar-refractivity contribution in [2.24, 2.45) is 0 Å². The molecule has 0 amide bonds. The Morgan fingerprint density at radius 3 is 2.29 bits per heavy atom. The zero-order valence-electron chi connectivity index (χ0n) is 19.0. The van der Waals surface area contributed by atoms with Gasteiger partial charge in [0.2, 0.25) is 0 Å². The quantitative estimate of drug-likeness (QED) is 0.264. The number of benzene rings is 2. The molecule has 0 unspecified atom stereocenters. The maximum absolute atomic E-state index is 14.6. The molecule has 2 aromatic carbocycles. The fraction of sp³-hybridized carbons (Fsp3) is 0.185. The molecule has 0 fully saturated rings. The number of aromatic nitrogens is 4. The Bertz CT molecular complexity index is 1590. The third kappa shape index (κ3) is 3.27. The van der Waals surface area contributed by atoms with Gasteiger partial charge >= 0.3 is 6.18 Å². The Morgan fingerprint density at radius 1 is 0.886 bits per heavy atom. The van der Waals surface area contributed by atoms with E-state index in [1.807, 2.05) is 35.8 Å². The van der Waals surface area contributed by atoms with Gasteiger partial charge in [0.05, 0.1) is 28.0 Å². The lowest BCUT2D eigenvalue weighted by molar-refractivity contribution is -0.136. The number of alkyl halides is 3. The van der Waals surface area contributed by atoms with Gasteiger partial charge in [-0.05, 0) is 74.7 Å². The van der Waals surface area contributed by atoms with Gasteiger partial charge in [-0.1, -0.05) is 18.2 Å². The van der Waals surface area contributed by atoms with Gasteiger partial charge in [0.1, 0.15) is 5.82 Å². The number of aryl methyl sites for hydroxylation is 2. The van der Waals surface area contributed by atoms with Crippen molar-refractivity contribution in [1.29, 1.82) is 0 Å². The first-order chi connectivity index (χ1) is 16.7. The first kappa shape index (κ1) is 21.6. The van der Waals surface area contributed by atoms with Crippen LogP contribution in [0.2, 0.25) is 0 Å². The van der Waals surface area contributed by atoms with E-state index in [0.717, 1.165) is 17.1 Å². The number of pyridine rings is 1. The molecule has 0 aliphatic heterocycles. The number of nitrogens with zero attached hydrogens (tertiary/aromatic N) is 4. The maximum Gasteiger partial charge on any atom is 0.417 e. The van der Waals surface area contributed by atoms with E-state index < -0.39 is 11.7 Å². The first-order valence-corrected chi connectivity index (χ1v) is 11.3. The standard InChI is InChI=1S/C27H20F4N4/c1-15-14-21-22(34(15)18-10-8-17(28)9-11-18)13-12-20-24(27(29,30)31)23-16(2)33-35(26(23)32-25(20)21)19-6-4-3-5-7-19/h3-11,14H,12-13H2,1-2H3. The van der Waals surface area contributed by atoms with E-state index in [2.05, 4.69) is 5.10 Å². The van der Waals surface area contributed by atoms with E-state index in [1.54, 1.807) is 31.2 Å². The summed E-state index contributed by atoms with van der Waals surface area (Å²) in [6.07, 6.45) is -3.96. The zero-order valence-corrected chi connectivity index (χ0v) is 19.0. The second-order valence-electron chi connectivity index (χ2n) is 8.80. The number of fused-ring (bicyclic) bond motifs is 4. The molecule has 35 heavy (non-hydrogen) atoms. The summed E-state index contributed by atoms with van der Waals surface area (Å²) >= 11 is 0. The fourth-order valence-electron chi connectivity index (χ4n) is 5.22. The van der Waals surface area contributed by atoms with Gasteiger partial charge in [-0.25, -0.2) is 14.1 Å². The highest BCUT2D eigenvalue weighted by molar-refractivity contribution is 5.90. The van der Waals surface area contributed by atoms with Crippen LogP contribution >= 0.6 is 0 Å². The van der Waals surface area contributed by atoms with Crippen LogP contribution in [-0.2, 0) is 19.0 Å². The topological polar surface area (TPSA) is 35.6 Å². The van der Waals surface area contributed by atoms with E-state index in [9.17, 15) is 17.6 Å². The molecule has 6 rings (SSSR count). The van der Waals surface area contributed by atoms with E-state index in [1.165, 1.54) is 16.8 Å². The van der Waals surface area contributed by atoms with Crippen LogP contribution < -0.4 is 0 Å². The van der Waals surface area contributed by atoms with Crippen molar-refractivity contribution in [3.63, 3.8) is 0 Å². The highest BCUT2D eigenvalue weighted by Gasteiger charge is 2.41. The summed E-state index contributed by atoms with van der Waals surface area (Å²) in [6, 6.07) is 17.0. The molecule has 5 aromatic rings. The summed E-state index contributed by atoms with van der Waals surface area (Å²) in [5, 5.41) is 4.49. The molecule has 0 spiro atoms. The Hall–Kier alpha value is -3.94. The van der Waals surface area contributed by atoms with Gasteiger partial charge < -0.3 is 4.57 Å². The minimum atomic E-state index is -4.56. The highest BCUT2D eigenvalue weighted by atomic mass is 19.4. The average molecular weight is 476 g/mol. The minimum absolute atomic E-state index is 0.0400. The molecule has 0 atom stereocenters. The highest BCUT2D eigenvalue weighted by Crippen LogP contribution is 2.46. The number of para-hydroxylation sites is 1. The number of rotatable bonds is 2. The van der Waals surface area contributed by atoms with Crippen molar-refractivity contribution in [3.05, 3.63) is 94.7 Å². The molecule has 0 saturated carbocycles. The minimum Gasteiger partial charge on any atom is -0.318 e. The summed E-state index contributed by atoms with van der Waals surface area (Å²) in [5.74, 6) is -0.346. The lowest BCUT2D eigenvalue weighted by atomic mass is 9.88. The zero-order chi connectivity index (χ0) is 24.5. The van der Waals surface area contributed by atoms with Gasteiger partial charge in [0.25, 0.3) is 0 Å². The van der Waals surface area contributed by atoms with Crippen LogP contribution in [0.5, 0.6) is 0 Å². The van der Waals surface area contributed by atoms with E-state index in [0.29, 0.717) is 23.4 Å². The van der Waals surface area contributed by atoms with Crippen LogP contribution in [-0.4, -0.2) is 19.3 Å². The van der Waals surface area contributed by atoms with Crippen LogP contribution in [0, 0.1) is 19.7 Å². The molecule has 3 heterocycles. The van der Waals surface area contributed by atoms with Crippen molar-refractivity contribution < 1.29 is 17.6 Å². The maximum atomic E-state index is 14.6. The van der Waals surface area contributed by atoms with Crippen LogP contribution in [0.4, 0.5) is 17.6 Å². The van der Waals surface area contributed by atoms with Gasteiger partial charge in [-0.3, -0.25) is 0 Å². The van der Waals surface area contributed by atoms with Crippen LogP contribution in [0.15, 0.2) is 60.7 Å². The lowest BCUT2D eigenvalue weighted by Crippen LogP contribution is -2.17. The summed E-state index contributed by atoms with van der Waals surface area (Å²) in [5.41, 5.74) is 4.11. The first-order valence-electron chi connectivity index (χ1n) is 11.3. The molecule has 0 radical (unpaired) electrons. The third-order valence-electron chi connectivity index (χ3n) is 6.61. The van der Waals surface area contributed by atoms with Crippen LogP contribution in [0.1, 0.15) is 28.2 Å². The summed E-state index contributed by atoms with van der Waals surface area (Å²) in [6.45, 7) is 3.48. The second-order valence-corrected chi connectivity index (χ2v) is 8.80. The monoisotopic (exact) mass is 476 g/mol. The molecule has 8 heteroatoms. The van der Waals surface area contributed by atoms with Gasteiger partial charge in [0.15, 0.2) is 5.65 Å². The lowest BCUT2D eigenvalue weighted by Gasteiger charge is -2.23. The van der Waals surface area contributed by atoms with Crippen LogP contribution in [0.3, 0.4) is 0 Å². The molecule has 0 N–H and O–H groups in total. The van der Waals surface area contributed by atoms with Gasteiger partial charge in [-0.2, -0.15) is 18.3 Å². The van der Waals surface area contributed by atoms with Crippen molar-refractivity contribution >= 4 is 11.0 Å². The van der Waals surface area contributed by atoms with E-state index >= 15 is 0 Å². The summed E-state index contributed by atoms with van der Waals surface area (Å²) in [7, 11) is 0. The Kier molecular flexibility index (Phi) is 4.64. The number of halogens is 4. The second kappa shape index (κ2) is 7.53. The summed E-state index contributed by atoms with van der Waals surface area (Å²) in [4.78, 5) is 4.82. The molecule has 1 aliphatic rings. The predicted molar refractivity (Wildman–Crippen MR) is 125 cm³/mol. The van der Waals surface area contributed by atoms with Crippen molar-refractivity contribution in [1.82, 2.24) is 19.3 Å². The normalized spacial score (nSPS) is 13.2. The van der Waals surface area contributed by atoms with E-state index in [-0.39, 0.29) is 34.5 Å². The smallest absolute Gasteiger partial charge is 0.318 e. The molecule has 3 aromatic heterocycles. The molecular weight excluding hydrogens is 456 g/mol. The number of hydrogen-bond donors (Lipinski definition) is 0. The average Bonchev–Trinajstić information content (AvgIpc) is 3.34. The number of hydrogen-bond acceptors (Lipinski definition) is 2. The molecule has 0 saturated heterocycles. The summed E-state index contributed by atoms with van der Waals surface area (Å²) < 4.78 is 60.6. The van der Waals surface area contributed by atoms with E-state index in [4.69, 9.17) is 4.98 Å². The Labute approximate surface area is 198 Å². The molecule has 0 bridgehead atoms. The predicted octanol–water partition coefficient (Wildman–Crippen LogP) is 6.75. The fourth-order valence-corrected chi connectivity index (χ4v) is 5.22. The Balaban J connectivity index is 1.67. The van der Waals surface area contributed by atoms with Gasteiger partial charge in [0, 0.05) is 22.6 Å². The van der Waals surface area contributed by atoms with Crippen molar-refractivity contribution in [3.8, 4) is 22.6 Å². The largest absolute Gasteiger partial charge is 0.417 e. The third-order valence-corrected chi connectivity index (χ3v) is 6.61. The van der Waals surface area contributed by atoms with Crippen molar-refractivity contribution in [2.45, 2.75) is 32.9 Å². The van der Waals surface area contributed by atoms with Crippen molar-refractivity contribution in [2.75, 3.05) is 0 Å².